The van der Waals surface area contributed by atoms with Crippen LogP contribution in [0.2, 0.25) is 0 Å². The Kier molecular flexibility index (Phi) is 1.46. The molecule has 0 aromatic carbocycles. The molecule has 1 aromatic heterocycles. The first kappa shape index (κ1) is 8.22. The average molecular weight is 179 g/mol. The van der Waals surface area contributed by atoms with Gasteiger partial charge >= 0.3 is 0 Å². The van der Waals surface area contributed by atoms with Gasteiger partial charge in [-0.25, -0.2) is 0 Å². The summed E-state index contributed by atoms with van der Waals surface area (Å²) in [7, 11) is 0. The second-order valence-corrected chi connectivity index (χ2v) is 4.16. The van der Waals surface area contributed by atoms with Gasteiger partial charge in [0, 0.05) is 5.92 Å². The van der Waals surface area contributed by atoms with E-state index in [1.54, 1.807) is 0 Å². The Hall–Kier alpha value is -1.39. The number of hydrogen-bond acceptors (Lipinski definition) is 5. The molecule has 5 heteroatoms. The van der Waals surface area contributed by atoms with Gasteiger partial charge in [-0.3, -0.25) is 0 Å². The SMILES string of the molecule is CC1(C)CC1c1nc(N)nc(N)n1. The highest BCUT2D eigenvalue weighted by Gasteiger charge is 2.48. The zero-order valence-corrected chi connectivity index (χ0v) is 7.78. The third-order valence-corrected chi connectivity index (χ3v) is 2.51. The van der Waals surface area contributed by atoms with Crippen LogP contribution in [0.25, 0.3) is 0 Å². The molecular weight excluding hydrogens is 166 g/mol. The highest BCUT2D eigenvalue weighted by Crippen LogP contribution is 2.57. The quantitative estimate of drug-likeness (QED) is 0.657. The predicted molar refractivity (Wildman–Crippen MR) is 49.8 cm³/mol. The molecule has 70 valence electrons. The van der Waals surface area contributed by atoms with Crippen molar-refractivity contribution in [3.63, 3.8) is 0 Å². The lowest BCUT2D eigenvalue weighted by atomic mass is 10.1. The van der Waals surface area contributed by atoms with Gasteiger partial charge in [-0.1, -0.05) is 13.8 Å². The molecule has 1 fully saturated rings. The van der Waals surface area contributed by atoms with Gasteiger partial charge in [0.05, 0.1) is 0 Å². The van der Waals surface area contributed by atoms with Gasteiger partial charge in [-0.05, 0) is 11.8 Å². The molecule has 0 saturated heterocycles. The summed E-state index contributed by atoms with van der Waals surface area (Å²) in [6.45, 7) is 4.35. The van der Waals surface area contributed by atoms with Crippen molar-refractivity contribution in [2.75, 3.05) is 11.5 Å². The van der Waals surface area contributed by atoms with Crippen LogP contribution in [-0.2, 0) is 0 Å². The predicted octanol–water partition coefficient (Wildman–Crippen LogP) is 0.549. The van der Waals surface area contributed by atoms with E-state index in [2.05, 4.69) is 28.8 Å². The van der Waals surface area contributed by atoms with Crippen molar-refractivity contribution in [1.82, 2.24) is 15.0 Å². The van der Waals surface area contributed by atoms with E-state index in [4.69, 9.17) is 11.5 Å². The molecule has 0 amide bonds. The Morgan fingerprint density at radius 3 is 2.00 bits per heavy atom. The highest BCUT2D eigenvalue weighted by molar-refractivity contribution is 5.29. The number of rotatable bonds is 1. The largest absolute Gasteiger partial charge is 0.368 e. The van der Waals surface area contributed by atoms with E-state index in [1.807, 2.05) is 0 Å². The Labute approximate surface area is 76.6 Å². The summed E-state index contributed by atoms with van der Waals surface area (Å²) in [5, 5.41) is 0. The Balaban J connectivity index is 2.32. The highest BCUT2D eigenvalue weighted by atomic mass is 15.1. The first-order valence-electron chi connectivity index (χ1n) is 4.26. The van der Waals surface area contributed by atoms with Gasteiger partial charge < -0.3 is 11.5 Å². The average Bonchev–Trinajstić information content (AvgIpc) is 2.57. The van der Waals surface area contributed by atoms with Crippen molar-refractivity contribution in [3.8, 4) is 0 Å². The lowest BCUT2D eigenvalue weighted by Crippen LogP contribution is -2.07. The molecule has 1 heterocycles. The fraction of sp³-hybridized carbons (Fsp3) is 0.625. The van der Waals surface area contributed by atoms with E-state index in [1.165, 1.54) is 0 Å². The van der Waals surface area contributed by atoms with Crippen LogP contribution in [0.5, 0.6) is 0 Å². The molecule has 0 aliphatic heterocycles. The zero-order chi connectivity index (χ0) is 9.64. The summed E-state index contributed by atoms with van der Waals surface area (Å²) in [5.74, 6) is 1.55. The number of nitrogen functional groups attached to an aromatic ring is 2. The van der Waals surface area contributed by atoms with Gasteiger partial charge in [0.15, 0.2) is 0 Å². The minimum Gasteiger partial charge on any atom is -0.368 e. The fourth-order valence-corrected chi connectivity index (χ4v) is 1.49. The topological polar surface area (TPSA) is 90.7 Å². The Bertz CT molecular complexity index is 326. The molecule has 1 aliphatic rings. The van der Waals surface area contributed by atoms with Crippen LogP contribution >= 0.6 is 0 Å². The van der Waals surface area contributed by atoms with E-state index < -0.39 is 0 Å². The number of nitrogens with two attached hydrogens (primary N) is 2. The van der Waals surface area contributed by atoms with Crippen molar-refractivity contribution < 1.29 is 0 Å². The first-order chi connectivity index (χ1) is 5.99. The minimum atomic E-state index is 0.213. The molecule has 0 spiro atoms. The molecule has 4 N–H and O–H groups in total. The molecule has 0 bridgehead atoms. The van der Waals surface area contributed by atoms with Crippen LogP contribution in [-0.4, -0.2) is 15.0 Å². The third-order valence-electron chi connectivity index (χ3n) is 2.51. The normalized spacial score (nSPS) is 24.3. The van der Waals surface area contributed by atoms with Gasteiger partial charge in [0.2, 0.25) is 11.9 Å². The maximum absolute atomic E-state index is 5.47. The van der Waals surface area contributed by atoms with Gasteiger partial charge in [0.1, 0.15) is 5.82 Å². The number of hydrogen-bond donors (Lipinski definition) is 2. The maximum atomic E-state index is 5.47. The van der Waals surface area contributed by atoms with Crippen molar-refractivity contribution in [2.45, 2.75) is 26.2 Å². The molecule has 1 aromatic rings. The maximum Gasteiger partial charge on any atom is 0.225 e. The number of nitrogens with zero attached hydrogens (tertiary/aromatic N) is 3. The van der Waals surface area contributed by atoms with E-state index in [0.29, 0.717) is 11.3 Å². The Morgan fingerprint density at radius 2 is 1.62 bits per heavy atom. The van der Waals surface area contributed by atoms with E-state index >= 15 is 0 Å². The van der Waals surface area contributed by atoms with Crippen molar-refractivity contribution in [2.24, 2.45) is 5.41 Å². The Morgan fingerprint density at radius 1 is 1.15 bits per heavy atom. The number of anilines is 2. The standard InChI is InChI=1S/C8H13N5/c1-8(2)3-4(8)5-11-6(9)13-7(10)12-5/h4H,3H2,1-2H3,(H4,9,10,11,12,13). The molecule has 1 atom stereocenters. The molecular formula is C8H13N5. The summed E-state index contributed by atoms with van der Waals surface area (Å²) in [4.78, 5) is 11.9. The smallest absolute Gasteiger partial charge is 0.225 e. The molecule has 0 radical (unpaired) electrons. The van der Waals surface area contributed by atoms with Crippen LogP contribution in [0, 0.1) is 5.41 Å². The third kappa shape index (κ3) is 1.41. The molecule has 1 unspecified atom stereocenters. The number of aromatic nitrogens is 3. The van der Waals surface area contributed by atoms with Crippen LogP contribution < -0.4 is 11.5 Å². The lowest BCUT2D eigenvalue weighted by molar-refractivity contribution is 0.608. The van der Waals surface area contributed by atoms with E-state index in [9.17, 15) is 0 Å². The molecule has 5 nitrogen and oxygen atoms in total. The molecule has 2 rings (SSSR count). The summed E-state index contributed by atoms with van der Waals surface area (Å²) in [6.07, 6.45) is 1.09. The zero-order valence-electron chi connectivity index (χ0n) is 7.78. The van der Waals surface area contributed by atoms with Crippen LogP contribution in [0.4, 0.5) is 11.9 Å². The van der Waals surface area contributed by atoms with Crippen LogP contribution in [0.3, 0.4) is 0 Å². The monoisotopic (exact) mass is 179 g/mol. The van der Waals surface area contributed by atoms with E-state index in [0.717, 1.165) is 12.2 Å². The van der Waals surface area contributed by atoms with Crippen molar-refractivity contribution in [1.29, 1.82) is 0 Å². The lowest BCUT2D eigenvalue weighted by Gasteiger charge is -2.02. The second-order valence-electron chi connectivity index (χ2n) is 4.16. The van der Waals surface area contributed by atoms with Crippen LogP contribution in [0.15, 0.2) is 0 Å². The molecule has 13 heavy (non-hydrogen) atoms. The summed E-state index contributed by atoms with van der Waals surface area (Å²) < 4.78 is 0. The van der Waals surface area contributed by atoms with Gasteiger partial charge in [-0.2, -0.15) is 15.0 Å². The summed E-state index contributed by atoms with van der Waals surface area (Å²) >= 11 is 0. The van der Waals surface area contributed by atoms with Crippen molar-refractivity contribution in [3.05, 3.63) is 5.82 Å². The first-order valence-corrected chi connectivity index (χ1v) is 4.26. The summed E-state index contributed by atoms with van der Waals surface area (Å²) in [6, 6.07) is 0. The van der Waals surface area contributed by atoms with Crippen LogP contribution in [0.1, 0.15) is 32.0 Å². The second kappa shape index (κ2) is 2.31. The van der Waals surface area contributed by atoms with Gasteiger partial charge in [0.25, 0.3) is 0 Å². The van der Waals surface area contributed by atoms with Gasteiger partial charge in [-0.15, -0.1) is 0 Å². The molecule has 1 saturated carbocycles. The van der Waals surface area contributed by atoms with E-state index in [-0.39, 0.29) is 11.9 Å². The molecule has 1 aliphatic carbocycles. The fourth-order valence-electron chi connectivity index (χ4n) is 1.49. The van der Waals surface area contributed by atoms with Crippen molar-refractivity contribution >= 4 is 11.9 Å². The summed E-state index contributed by atoms with van der Waals surface area (Å²) in [5.41, 5.74) is 11.2. The minimum absolute atomic E-state index is 0.213.